The van der Waals surface area contributed by atoms with E-state index in [0.29, 0.717) is 24.0 Å². The fourth-order valence-electron chi connectivity index (χ4n) is 2.64. The second-order valence-corrected chi connectivity index (χ2v) is 6.64. The largest absolute Gasteiger partial charge is 0.495 e. The summed E-state index contributed by atoms with van der Waals surface area (Å²) >= 11 is 6.10. The lowest BCUT2D eigenvalue weighted by Gasteiger charge is -2.36. The summed E-state index contributed by atoms with van der Waals surface area (Å²) in [5.74, 6) is 1.41. The number of rotatable bonds is 5. The minimum absolute atomic E-state index is 0.0309. The van der Waals surface area contributed by atoms with Crippen LogP contribution in [0.25, 0.3) is 0 Å². The van der Waals surface area contributed by atoms with Crippen LogP contribution in [0.2, 0.25) is 5.02 Å². The van der Waals surface area contributed by atoms with E-state index < -0.39 is 0 Å². The second-order valence-electron chi connectivity index (χ2n) is 6.20. The Morgan fingerprint density at radius 3 is 2.61 bits per heavy atom. The smallest absolute Gasteiger partial charge is 0.317 e. The molecular weight excluding hydrogens is 314 g/mol. The molecular formula is C17H26ClN3O2. The normalized spacial score (nSPS) is 15.0. The predicted molar refractivity (Wildman–Crippen MR) is 94.6 cm³/mol. The Morgan fingerprint density at radius 1 is 1.30 bits per heavy atom. The van der Waals surface area contributed by atoms with Crippen LogP contribution in [0, 0.1) is 5.92 Å². The number of carbonyl (C=O) groups is 1. The van der Waals surface area contributed by atoms with Gasteiger partial charge in [0.2, 0.25) is 0 Å². The first-order chi connectivity index (χ1) is 11.0. The molecule has 1 aromatic carbocycles. The number of benzene rings is 1. The van der Waals surface area contributed by atoms with E-state index >= 15 is 0 Å². The second kappa shape index (κ2) is 8.29. The Kier molecular flexibility index (Phi) is 6.39. The quantitative estimate of drug-likeness (QED) is 0.895. The summed E-state index contributed by atoms with van der Waals surface area (Å²) < 4.78 is 5.41. The molecule has 0 saturated carbocycles. The first kappa shape index (κ1) is 17.7. The van der Waals surface area contributed by atoms with Crippen molar-refractivity contribution in [1.29, 1.82) is 0 Å². The van der Waals surface area contributed by atoms with Gasteiger partial charge in [-0.25, -0.2) is 4.79 Å². The molecule has 2 rings (SSSR count). The van der Waals surface area contributed by atoms with E-state index in [1.54, 1.807) is 7.11 Å². The van der Waals surface area contributed by atoms with Crippen molar-refractivity contribution in [3.63, 3.8) is 0 Å². The molecule has 1 aromatic rings. The maximum absolute atomic E-state index is 12.2. The molecule has 0 unspecified atom stereocenters. The highest BCUT2D eigenvalue weighted by molar-refractivity contribution is 6.30. The number of halogens is 1. The zero-order valence-electron chi connectivity index (χ0n) is 14.1. The SMILES string of the molecule is COc1ccc(Cl)cc1N1CCN(C(=O)NCCC(C)C)CC1. The summed E-state index contributed by atoms with van der Waals surface area (Å²) in [5, 5.41) is 3.68. The molecule has 1 N–H and O–H groups in total. The summed E-state index contributed by atoms with van der Waals surface area (Å²) in [6.07, 6.45) is 1.01. The van der Waals surface area contributed by atoms with Crippen molar-refractivity contribution in [3.05, 3.63) is 23.2 Å². The summed E-state index contributed by atoms with van der Waals surface area (Å²) in [6, 6.07) is 5.65. The average molecular weight is 340 g/mol. The van der Waals surface area contributed by atoms with Crippen LogP contribution in [-0.2, 0) is 0 Å². The highest BCUT2D eigenvalue weighted by Gasteiger charge is 2.23. The third-order valence-corrected chi connectivity index (χ3v) is 4.28. The molecule has 1 saturated heterocycles. The minimum atomic E-state index is 0.0309. The molecule has 0 bridgehead atoms. The van der Waals surface area contributed by atoms with Crippen molar-refractivity contribution in [2.75, 3.05) is 44.7 Å². The lowest BCUT2D eigenvalue weighted by atomic mass is 10.1. The lowest BCUT2D eigenvalue weighted by molar-refractivity contribution is 0.194. The standard InChI is InChI=1S/C17H26ClN3O2/c1-13(2)6-7-19-17(22)21-10-8-20(9-11-21)15-12-14(18)4-5-16(15)23-3/h4-5,12-13H,6-11H2,1-3H3,(H,19,22). The maximum Gasteiger partial charge on any atom is 0.317 e. The molecule has 5 nitrogen and oxygen atoms in total. The Bertz CT molecular complexity index is 529. The van der Waals surface area contributed by atoms with Crippen LogP contribution in [0.4, 0.5) is 10.5 Å². The van der Waals surface area contributed by atoms with Crippen LogP contribution in [0.15, 0.2) is 18.2 Å². The van der Waals surface area contributed by atoms with Crippen LogP contribution in [0.5, 0.6) is 5.75 Å². The summed E-state index contributed by atoms with van der Waals surface area (Å²) in [6.45, 7) is 7.99. The van der Waals surface area contributed by atoms with E-state index in [2.05, 4.69) is 24.1 Å². The molecule has 1 aliphatic rings. The number of hydrogen-bond donors (Lipinski definition) is 1. The van der Waals surface area contributed by atoms with Crippen LogP contribution >= 0.6 is 11.6 Å². The number of amides is 2. The first-order valence-corrected chi connectivity index (χ1v) is 8.50. The van der Waals surface area contributed by atoms with Gasteiger partial charge < -0.3 is 19.9 Å². The predicted octanol–water partition coefficient (Wildman–Crippen LogP) is 3.23. The highest BCUT2D eigenvalue weighted by atomic mass is 35.5. The number of carbonyl (C=O) groups excluding carboxylic acids is 1. The molecule has 1 fully saturated rings. The molecule has 128 valence electrons. The topological polar surface area (TPSA) is 44.8 Å². The van der Waals surface area contributed by atoms with Gasteiger partial charge in [-0.1, -0.05) is 25.4 Å². The monoisotopic (exact) mass is 339 g/mol. The van der Waals surface area contributed by atoms with Crippen molar-refractivity contribution in [2.45, 2.75) is 20.3 Å². The number of piperazine rings is 1. The van der Waals surface area contributed by atoms with E-state index in [1.165, 1.54) is 0 Å². The Balaban J connectivity index is 1.88. The van der Waals surface area contributed by atoms with Gasteiger partial charge in [0.25, 0.3) is 0 Å². The zero-order valence-corrected chi connectivity index (χ0v) is 14.9. The van der Waals surface area contributed by atoms with Gasteiger partial charge in [0.1, 0.15) is 5.75 Å². The Morgan fingerprint density at radius 2 is 2.00 bits per heavy atom. The summed E-state index contributed by atoms with van der Waals surface area (Å²) in [4.78, 5) is 16.2. The third kappa shape index (κ3) is 4.93. The van der Waals surface area contributed by atoms with Gasteiger partial charge in [-0.2, -0.15) is 0 Å². The summed E-state index contributed by atoms with van der Waals surface area (Å²) in [5.41, 5.74) is 0.986. The van der Waals surface area contributed by atoms with Gasteiger partial charge >= 0.3 is 6.03 Å². The molecule has 1 aliphatic heterocycles. The molecule has 1 heterocycles. The molecule has 0 aromatic heterocycles. The van der Waals surface area contributed by atoms with E-state index in [-0.39, 0.29) is 6.03 Å². The molecule has 0 atom stereocenters. The molecule has 0 aliphatic carbocycles. The first-order valence-electron chi connectivity index (χ1n) is 8.12. The fraction of sp³-hybridized carbons (Fsp3) is 0.588. The molecule has 23 heavy (non-hydrogen) atoms. The van der Waals surface area contributed by atoms with E-state index in [9.17, 15) is 4.79 Å². The number of urea groups is 1. The molecule has 0 radical (unpaired) electrons. The van der Waals surface area contributed by atoms with E-state index in [0.717, 1.165) is 37.5 Å². The van der Waals surface area contributed by atoms with Crippen molar-refractivity contribution in [1.82, 2.24) is 10.2 Å². The number of ether oxygens (including phenoxy) is 1. The number of nitrogens with one attached hydrogen (secondary N) is 1. The number of nitrogens with zero attached hydrogens (tertiary/aromatic N) is 2. The Hall–Kier alpha value is -1.62. The highest BCUT2D eigenvalue weighted by Crippen LogP contribution is 2.31. The van der Waals surface area contributed by atoms with Gasteiger partial charge in [0.05, 0.1) is 12.8 Å². The van der Waals surface area contributed by atoms with Crippen molar-refractivity contribution >= 4 is 23.3 Å². The molecule has 6 heteroatoms. The van der Waals surface area contributed by atoms with Gasteiger partial charge in [-0.15, -0.1) is 0 Å². The molecule has 2 amide bonds. The number of anilines is 1. The van der Waals surface area contributed by atoms with Crippen molar-refractivity contribution in [3.8, 4) is 5.75 Å². The zero-order chi connectivity index (χ0) is 16.8. The minimum Gasteiger partial charge on any atom is -0.495 e. The number of methoxy groups -OCH3 is 1. The van der Waals surface area contributed by atoms with Gasteiger partial charge in [-0.3, -0.25) is 0 Å². The number of hydrogen-bond acceptors (Lipinski definition) is 3. The van der Waals surface area contributed by atoms with Gasteiger partial charge in [0, 0.05) is 37.7 Å². The Labute approximate surface area is 143 Å². The van der Waals surface area contributed by atoms with E-state index in [4.69, 9.17) is 16.3 Å². The van der Waals surface area contributed by atoms with Crippen LogP contribution in [-0.4, -0.2) is 50.8 Å². The van der Waals surface area contributed by atoms with Gasteiger partial charge in [-0.05, 0) is 30.5 Å². The summed E-state index contributed by atoms with van der Waals surface area (Å²) in [7, 11) is 1.66. The van der Waals surface area contributed by atoms with Crippen molar-refractivity contribution < 1.29 is 9.53 Å². The third-order valence-electron chi connectivity index (χ3n) is 4.05. The molecule has 0 spiro atoms. The van der Waals surface area contributed by atoms with Crippen LogP contribution in [0.3, 0.4) is 0 Å². The van der Waals surface area contributed by atoms with Crippen LogP contribution in [0.1, 0.15) is 20.3 Å². The average Bonchev–Trinajstić information content (AvgIpc) is 2.54. The van der Waals surface area contributed by atoms with Crippen LogP contribution < -0.4 is 15.0 Å². The maximum atomic E-state index is 12.2. The van der Waals surface area contributed by atoms with E-state index in [1.807, 2.05) is 23.1 Å². The lowest BCUT2D eigenvalue weighted by Crippen LogP contribution is -2.52. The van der Waals surface area contributed by atoms with Crippen molar-refractivity contribution in [2.24, 2.45) is 5.92 Å². The fourth-order valence-corrected chi connectivity index (χ4v) is 2.81. The van der Waals surface area contributed by atoms with Gasteiger partial charge in [0.15, 0.2) is 0 Å².